The van der Waals surface area contributed by atoms with Crippen LogP contribution in [0.1, 0.15) is 11.3 Å². The summed E-state index contributed by atoms with van der Waals surface area (Å²) in [5, 5.41) is 25.4. The first-order valence-electron chi connectivity index (χ1n) is 5.78. The Balaban J connectivity index is 2.83. The molecule has 0 aliphatic carbocycles. The Bertz CT molecular complexity index is 345. The fraction of sp³-hybridized carbons (Fsp3) is 0.727. The summed E-state index contributed by atoms with van der Waals surface area (Å²) in [5.41, 5.74) is 2.08. The van der Waals surface area contributed by atoms with Crippen molar-refractivity contribution < 1.29 is 10.2 Å². The molecule has 0 saturated carbocycles. The molecule has 1 aromatic heterocycles. The van der Waals surface area contributed by atoms with Crippen LogP contribution in [0.15, 0.2) is 0 Å². The average molecular weight is 242 g/mol. The molecule has 0 spiro atoms. The number of aryl methyl sites for hydroxylation is 2. The highest BCUT2D eigenvalue weighted by Gasteiger charge is 2.15. The molecule has 0 aliphatic rings. The molecule has 17 heavy (non-hydrogen) atoms. The van der Waals surface area contributed by atoms with E-state index in [2.05, 4.69) is 10.4 Å². The predicted octanol–water partition coefficient (Wildman–Crippen LogP) is -0.443. The SMILES string of the molecule is CNc1c(CN(CCO)CCO)c(C)nn1C. The normalized spacial score (nSPS) is 11.2. The van der Waals surface area contributed by atoms with Crippen LogP contribution in [0, 0.1) is 6.92 Å². The van der Waals surface area contributed by atoms with Crippen LogP contribution in [0.4, 0.5) is 5.82 Å². The van der Waals surface area contributed by atoms with Gasteiger partial charge < -0.3 is 15.5 Å². The highest BCUT2D eigenvalue weighted by Crippen LogP contribution is 2.19. The van der Waals surface area contributed by atoms with Crippen LogP contribution in [-0.4, -0.2) is 58.2 Å². The summed E-state index contributed by atoms with van der Waals surface area (Å²) in [6.07, 6.45) is 0. The van der Waals surface area contributed by atoms with Gasteiger partial charge in [0.1, 0.15) is 5.82 Å². The quantitative estimate of drug-likeness (QED) is 0.604. The van der Waals surface area contributed by atoms with Crippen molar-refractivity contribution >= 4 is 5.82 Å². The molecule has 6 heteroatoms. The number of rotatable bonds is 7. The summed E-state index contributed by atoms with van der Waals surface area (Å²) in [5.74, 6) is 0.975. The maximum Gasteiger partial charge on any atom is 0.128 e. The summed E-state index contributed by atoms with van der Waals surface area (Å²) >= 11 is 0. The number of hydrogen-bond donors (Lipinski definition) is 3. The Morgan fingerprint density at radius 3 is 2.35 bits per heavy atom. The maximum absolute atomic E-state index is 8.98. The molecule has 0 unspecified atom stereocenters. The van der Waals surface area contributed by atoms with Gasteiger partial charge in [-0.05, 0) is 6.92 Å². The van der Waals surface area contributed by atoms with E-state index in [1.807, 2.05) is 25.9 Å². The lowest BCUT2D eigenvalue weighted by Crippen LogP contribution is -2.29. The van der Waals surface area contributed by atoms with Gasteiger partial charge in [-0.25, -0.2) is 0 Å². The van der Waals surface area contributed by atoms with Crippen molar-refractivity contribution in [1.29, 1.82) is 0 Å². The van der Waals surface area contributed by atoms with Gasteiger partial charge in [0.05, 0.1) is 18.9 Å². The minimum absolute atomic E-state index is 0.0915. The van der Waals surface area contributed by atoms with E-state index in [1.165, 1.54) is 0 Å². The van der Waals surface area contributed by atoms with Gasteiger partial charge in [0, 0.05) is 39.3 Å². The van der Waals surface area contributed by atoms with Crippen LogP contribution in [0.2, 0.25) is 0 Å². The fourth-order valence-electron chi connectivity index (χ4n) is 1.98. The lowest BCUT2D eigenvalue weighted by molar-refractivity contribution is 0.156. The van der Waals surface area contributed by atoms with Crippen LogP contribution in [-0.2, 0) is 13.6 Å². The Hall–Kier alpha value is -1.11. The number of anilines is 1. The lowest BCUT2D eigenvalue weighted by Gasteiger charge is -2.20. The zero-order valence-corrected chi connectivity index (χ0v) is 10.8. The largest absolute Gasteiger partial charge is 0.395 e. The van der Waals surface area contributed by atoms with Gasteiger partial charge >= 0.3 is 0 Å². The minimum Gasteiger partial charge on any atom is -0.395 e. The zero-order chi connectivity index (χ0) is 12.8. The van der Waals surface area contributed by atoms with E-state index in [0.717, 1.165) is 17.1 Å². The van der Waals surface area contributed by atoms with Crippen molar-refractivity contribution in [2.24, 2.45) is 7.05 Å². The molecular formula is C11H22N4O2. The molecule has 1 rings (SSSR count). The molecule has 0 amide bonds. The molecule has 0 aliphatic heterocycles. The van der Waals surface area contributed by atoms with Crippen molar-refractivity contribution in [3.8, 4) is 0 Å². The van der Waals surface area contributed by atoms with Crippen molar-refractivity contribution in [1.82, 2.24) is 14.7 Å². The molecule has 6 nitrogen and oxygen atoms in total. The summed E-state index contributed by atoms with van der Waals surface area (Å²) in [6.45, 7) is 3.93. The van der Waals surface area contributed by atoms with Crippen LogP contribution in [0.25, 0.3) is 0 Å². The smallest absolute Gasteiger partial charge is 0.128 e. The van der Waals surface area contributed by atoms with E-state index in [9.17, 15) is 0 Å². The first-order valence-corrected chi connectivity index (χ1v) is 5.78. The topological polar surface area (TPSA) is 73.6 Å². The minimum atomic E-state index is 0.0915. The van der Waals surface area contributed by atoms with E-state index in [-0.39, 0.29) is 13.2 Å². The second kappa shape index (κ2) is 6.58. The van der Waals surface area contributed by atoms with Gasteiger partial charge in [0.2, 0.25) is 0 Å². The fourth-order valence-corrected chi connectivity index (χ4v) is 1.98. The molecule has 0 radical (unpaired) electrons. The molecule has 0 atom stereocenters. The highest BCUT2D eigenvalue weighted by molar-refractivity contribution is 5.46. The Morgan fingerprint density at radius 1 is 1.29 bits per heavy atom. The third-order valence-electron chi connectivity index (χ3n) is 2.80. The molecular weight excluding hydrogens is 220 g/mol. The maximum atomic E-state index is 8.98. The van der Waals surface area contributed by atoms with E-state index < -0.39 is 0 Å². The zero-order valence-electron chi connectivity index (χ0n) is 10.8. The van der Waals surface area contributed by atoms with Crippen LogP contribution in [0.5, 0.6) is 0 Å². The number of aromatic nitrogens is 2. The molecule has 1 aromatic rings. The molecule has 3 N–H and O–H groups in total. The van der Waals surface area contributed by atoms with Crippen molar-refractivity contribution in [2.45, 2.75) is 13.5 Å². The van der Waals surface area contributed by atoms with Gasteiger partial charge in [-0.2, -0.15) is 5.10 Å². The monoisotopic (exact) mass is 242 g/mol. The standard InChI is InChI=1S/C11H22N4O2/c1-9-10(11(12-2)14(3)13-9)8-15(4-6-16)5-7-17/h12,16-17H,4-8H2,1-3H3. The van der Waals surface area contributed by atoms with E-state index >= 15 is 0 Å². The number of aliphatic hydroxyl groups excluding tert-OH is 2. The highest BCUT2D eigenvalue weighted by atomic mass is 16.3. The summed E-state index contributed by atoms with van der Waals surface area (Å²) in [4.78, 5) is 2.00. The third kappa shape index (κ3) is 3.42. The Labute approximate surface area is 102 Å². The van der Waals surface area contributed by atoms with E-state index in [4.69, 9.17) is 10.2 Å². The molecule has 1 heterocycles. The third-order valence-corrected chi connectivity index (χ3v) is 2.80. The molecule has 0 fully saturated rings. The predicted molar refractivity (Wildman–Crippen MR) is 66.9 cm³/mol. The van der Waals surface area contributed by atoms with E-state index in [0.29, 0.717) is 19.6 Å². The second-order valence-corrected chi connectivity index (χ2v) is 4.01. The van der Waals surface area contributed by atoms with Crippen molar-refractivity contribution in [2.75, 3.05) is 38.7 Å². The lowest BCUT2D eigenvalue weighted by atomic mass is 10.2. The molecule has 0 bridgehead atoms. The first-order chi connectivity index (χ1) is 8.13. The van der Waals surface area contributed by atoms with Gasteiger partial charge in [0.25, 0.3) is 0 Å². The van der Waals surface area contributed by atoms with Crippen molar-refractivity contribution in [3.05, 3.63) is 11.3 Å². The van der Waals surface area contributed by atoms with Gasteiger partial charge in [-0.15, -0.1) is 0 Å². The van der Waals surface area contributed by atoms with Gasteiger partial charge in [-0.1, -0.05) is 0 Å². The van der Waals surface area contributed by atoms with Gasteiger partial charge in [-0.3, -0.25) is 9.58 Å². The van der Waals surface area contributed by atoms with Crippen LogP contribution in [0.3, 0.4) is 0 Å². The molecule has 0 aromatic carbocycles. The Kier molecular flexibility index (Phi) is 5.40. The summed E-state index contributed by atoms with van der Waals surface area (Å²) in [6, 6.07) is 0. The van der Waals surface area contributed by atoms with Crippen LogP contribution >= 0.6 is 0 Å². The van der Waals surface area contributed by atoms with Crippen LogP contribution < -0.4 is 5.32 Å². The number of hydrogen-bond acceptors (Lipinski definition) is 5. The Morgan fingerprint density at radius 2 is 1.88 bits per heavy atom. The first kappa shape index (κ1) is 14.0. The summed E-state index contributed by atoms with van der Waals surface area (Å²) in [7, 11) is 3.76. The molecule has 0 saturated heterocycles. The second-order valence-electron chi connectivity index (χ2n) is 4.01. The van der Waals surface area contributed by atoms with Crippen molar-refractivity contribution in [3.63, 3.8) is 0 Å². The number of nitrogens with one attached hydrogen (secondary N) is 1. The van der Waals surface area contributed by atoms with Gasteiger partial charge in [0.15, 0.2) is 0 Å². The average Bonchev–Trinajstić information content (AvgIpc) is 2.54. The molecule has 98 valence electrons. The summed E-state index contributed by atoms with van der Waals surface area (Å²) < 4.78 is 1.81. The number of aliphatic hydroxyl groups is 2. The van der Waals surface area contributed by atoms with E-state index in [1.54, 1.807) is 4.68 Å². The number of nitrogens with zero attached hydrogens (tertiary/aromatic N) is 3.